The number of hydrogen-bond acceptors (Lipinski definition) is 1. The molecule has 0 radical (unpaired) electrons. The standard InChI is InChI=1S/C17H15BrO/c1-11-3-4-13-9-14(18)10-16(13)17(11)12-5-7-15(19-2)8-6-12/h3-8,10H,9H2,1-2H3. The van der Waals surface area contributed by atoms with Crippen molar-refractivity contribution in [2.75, 3.05) is 7.11 Å². The van der Waals surface area contributed by atoms with Crippen molar-refractivity contribution < 1.29 is 4.74 Å². The van der Waals surface area contributed by atoms with Crippen LogP contribution in [0.4, 0.5) is 0 Å². The molecule has 2 aromatic rings. The summed E-state index contributed by atoms with van der Waals surface area (Å²) in [4.78, 5) is 0. The number of fused-ring (bicyclic) bond motifs is 1. The van der Waals surface area contributed by atoms with Crippen molar-refractivity contribution in [1.29, 1.82) is 0 Å². The summed E-state index contributed by atoms with van der Waals surface area (Å²) in [6.07, 6.45) is 3.24. The maximum atomic E-state index is 5.23. The first-order valence-corrected chi connectivity index (χ1v) is 7.11. The third-order valence-electron chi connectivity index (χ3n) is 3.58. The van der Waals surface area contributed by atoms with Gasteiger partial charge in [0.05, 0.1) is 7.11 Å². The Kier molecular flexibility index (Phi) is 3.19. The molecule has 0 saturated heterocycles. The van der Waals surface area contributed by atoms with Gasteiger partial charge in [0.25, 0.3) is 0 Å². The van der Waals surface area contributed by atoms with Crippen LogP contribution in [0, 0.1) is 6.92 Å². The molecule has 2 heteroatoms. The molecule has 1 aliphatic rings. The van der Waals surface area contributed by atoms with Gasteiger partial charge in [0.15, 0.2) is 0 Å². The number of halogens is 1. The van der Waals surface area contributed by atoms with E-state index in [9.17, 15) is 0 Å². The van der Waals surface area contributed by atoms with Gasteiger partial charge in [-0.1, -0.05) is 40.2 Å². The Labute approximate surface area is 122 Å². The predicted octanol–water partition coefficient (Wildman–Crippen LogP) is 4.96. The number of ether oxygens (including phenoxy) is 1. The largest absolute Gasteiger partial charge is 0.497 e. The fraction of sp³-hybridized carbons (Fsp3) is 0.176. The molecule has 0 amide bonds. The first-order valence-electron chi connectivity index (χ1n) is 6.32. The van der Waals surface area contributed by atoms with E-state index in [-0.39, 0.29) is 0 Å². The van der Waals surface area contributed by atoms with Crippen LogP contribution in [-0.4, -0.2) is 7.11 Å². The number of hydrogen-bond donors (Lipinski definition) is 0. The molecule has 3 rings (SSSR count). The molecule has 1 aliphatic carbocycles. The monoisotopic (exact) mass is 314 g/mol. The lowest BCUT2D eigenvalue weighted by Crippen LogP contribution is -1.91. The van der Waals surface area contributed by atoms with Gasteiger partial charge in [-0.3, -0.25) is 0 Å². The van der Waals surface area contributed by atoms with Crippen LogP contribution in [0.15, 0.2) is 40.9 Å². The van der Waals surface area contributed by atoms with Crippen molar-refractivity contribution in [1.82, 2.24) is 0 Å². The summed E-state index contributed by atoms with van der Waals surface area (Å²) in [6, 6.07) is 12.7. The lowest BCUT2D eigenvalue weighted by Gasteiger charge is -2.12. The van der Waals surface area contributed by atoms with Gasteiger partial charge in [0, 0.05) is 10.9 Å². The van der Waals surface area contributed by atoms with Crippen molar-refractivity contribution in [2.24, 2.45) is 0 Å². The lowest BCUT2D eigenvalue weighted by atomic mass is 9.93. The zero-order valence-corrected chi connectivity index (χ0v) is 12.6. The normalized spacial score (nSPS) is 13.1. The maximum Gasteiger partial charge on any atom is 0.118 e. The number of methoxy groups -OCH3 is 1. The van der Waals surface area contributed by atoms with Gasteiger partial charge in [-0.05, 0) is 52.9 Å². The minimum atomic E-state index is 0.894. The SMILES string of the molecule is COc1ccc(-c2c(C)ccc3c2C=C(Br)C3)cc1. The molecule has 0 spiro atoms. The second-order valence-corrected chi connectivity index (χ2v) is 5.85. The van der Waals surface area contributed by atoms with Crippen molar-refractivity contribution in [3.05, 3.63) is 57.6 Å². The van der Waals surface area contributed by atoms with Gasteiger partial charge in [-0.15, -0.1) is 0 Å². The maximum absolute atomic E-state index is 5.23. The van der Waals surface area contributed by atoms with E-state index in [1.807, 2.05) is 12.1 Å². The second-order valence-electron chi connectivity index (χ2n) is 4.83. The molecular weight excluding hydrogens is 300 g/mol. The van der Waals surface area contributed by atoms with Crippen molar-refractivity contribution in [2.45, 2.75) is 13.3 Å². The van der Waals surface area contributed by atoms with E-state index in [1.54, 1.807) is 7.11 Å². The van der Waals surface area contributed by atoms with E-state index in [2.05, 4.69) is 53.2 Å². The molecular formula is C17H15BrO. The Balaban J connectivity index is 2.16. The fourth-order valence-corrected chi connectivity index (χ4v) is 3.15. The molecule has 0 atom stereocenters. The molecule has 0 aliphatic heterocycles. The molecule has 1 nitrogen and oxygen atoms in total. The van der Waals surface area contributed by atoms with Crippen LogP contribution in [0.3, 0.4) is 0 Å². The number of allylic oxidation sites excluding steroid dienone is 1. The molecule has 19 heavy (non-hydrogen) atoms. The lowest BCUT2D eigenvalue weighted by molar-refractivity contribution is 0.415. The van der Waals surface area contributed by atoms with Gasteiger partial charge in [-0.25, -0.2) is 0 Å². The summed E-state index contributed by atoms with van der Waals surface area (Å²) in [6.45, 7) is 2.17. The fourth-order valence-electron chi connectivity index (χ4n) is 2.62. The minimum absolute atomic E-state index is 0.894. The quantitative estimate of drug-likeness (QED) is 0.761. The van der Waals surface area contributed by atoms with E-state index in [1.165, 1.54) is 32.3 Å². The van der Waals surface area contributed by atoms with Gasteiger partial charge in [0.1, 0.15) is 5.75 Å². The average molecular weight is 315 g/mol. The highest BCUT2D eigenvalue weighted by molar-refractivity contribution is 9.11. The summed E-state index contributed by atoms with van der Waals surface area (Å²) < 4.78 is 6.48. The molecule has 2 aromatic carbocycles. The van der Waals surface area contributed by atoms with Crippen LogP contribution in [-0.2, 0) is 6.42 Å². The van der Waals surface area contributed by atoms with Crippen molar-refractivity contribution in [3.8, 4) is 16.9 Å². The van der Waals surface area contributed by atoms with E-state index in [4.69, 9.17) is 4.74 Å². The number of rotatable bonds is 2. The summed E-state index contributed by atoms with van der Waals surface area (Å²) in [5.74, 6) is 0.894. The Hall–Kier alpha value is -1.54. The molecule has 0 N–H and O–H groups in total. The topological polar surface area (TPSA) is 9.23 Å². The molecule has 0 saturated carbocycles. The van der Waals surface area contributed by atoms with Crippen LogP contribution in [0.2, 0.25) is 0 Å². The van der Waals surface area contributed by atoms with E-state index in [0.29, 0.717) is 0 Å². The van der Waals surface area contributed by atoms with Crippen LogP contribution in [0.25, 0.3) is 17.2 Å². The van der Waals surface area contributed by atoms with E-state index >= 15 is 0 Å². The molecule has 0 aromatic heterocycles. The van der Waals surface area contributed by atoms with Crippen molar-refractivity contribution >= 4 is 22.0 Å². The minimum Gasteiger partial charge on any atom is -0.497 e. The Bertz CT molecular complexity index is 654. The van der Waals surface area contributed by atoms with Crippen LogP contribution >= 0.6 is 15.9 Å². The zero-order chi connectivity index (χ0) is 13.4. The summed E-state index contributed by atoms with van der Waals surface area (Å²) in [7, 11) is 1.69. The number of aryl methyl sites for hydroxylation is 1. The highest BCUT2D eigenvalue weighted by atomic mass is 79.9. The Morgan fingerprint density at radius 3 is 2.47 bits per heavy atom. The summed E-state index contributed by atoms with van der Waals surface area (Å²) in [5.41, 5.74) is 6.62. The van der Waals surface area contributed by atoms with Gasteiger partial charge >= 0.3 is 0 Å². The van der Waals surface area contributed by atoms with Crippen LogP contribution in [0.5, 0.6) is 5.75 Å². The van der Waals surface area contributed by atoms with Gasteiger partial charge in [-0.2, -0.15) is 0 Å². The first kappa shape index (κ1) is 12.5. The summed E-state index contributed by atoms with van der Waals surface area (Å²) >= 11 is 3.61. The van der Waals surface area contributed by atoms with Gasteiger partial charge < -0.3 is 4.74 Å². The third-order valence-corrected chi connectivity index (χ3v) is 4.09. The zero-order valence-electron chi connectivity index (χ0n) is 11.0. The van der Waals surface area contributed by atoms with Crippen LogP contribution in [0.1, 0.15) is 16.7 Å². The second kappa shape index (κ2) is 4.86. The van der Waals surface area contributed by atoms with E-state index in [0.717, 1.165) is 12.2 Å². The molecule has 0 heterocycles. The number of benzene rings is 2. The molecule has 0 bridgehead atoms. The van der Waals surface area contributed by atoms with E-state index < -0.39 is 0 Å². The predicted molar refractivity (Wildman–Crippen MR) is 83.8 cm³/mol. The highest BCUT2D eigenvalue weighted by Crippen LogP contribution is 2.38. The molecule has 96 valence electrons. The Morgan fingerprint density at radius 2 is 1.79 bits per heavy atom. The first-order chi connectivity index (χ1) is 9.19. The van der Waals surface area contributed by atoms with Crippen molar-refractivity contribution in [3.63, 3.8) is 0 Å². The van der Waals surface area contributed by atoms with Gasteiger partial charge in [0.2, 0.25) is 0 Å². The average Bonchev–Trinajstić information content (AvgIpc) is 2.79. The highest BCUT2D eigenvalue weighted by Gasteiger charge is 2.17. The Morgan fingerprint density at radius 1 is 1.05 bits per heavy atom. The molecule has 0 fully saturated rings. The molecule has 0 unspecified atom stereocenters. The third kappa shape index (κ3) is 2.21. The summed E-state index contributed by atoms with van der Waals surface area (Å²) in [5, 5.41) is 0. The van der Waals surface area contributed by atoms with Crippen LogP contribution < -0.4 is 4.74 Å². The smallest absolute Gasteiger partial charge is 0.118 e.